The van der Waals surface area contributed by atoms with Crippen molar-refractivity contribution in [3.63, 3.8) is 0 Å². The van der Waals surface area contributed by atoms with Gasteiger partial charge in [0.05, 0.1) is 12.6 Å². The van der Waals surface area contributed by atoms with Gasteiger partial charge in [0.2, 0.25) is 29.5 Å². The number of nitrogens with one attached hydrogen (secondary N) is 4. The van der Waals surface area contributed by atoms with Gasteiger partial charge in [0.1, 0.15) is 18.1 Å². The normalized spacial score (nSPS) is 15.5. The smallest absolute Gasteiger partial charge is 0.243 e. The van der Waals surface area contributed by atoms with Crippen LogP contribution in [0.4, 0.5) is 0 Å². The molecule has 0 rings (SSSR count). The van der Waals surface area contributed by atoms with Crippen LogP contribution in [0.3, 0.4) is 0 Å². The fraction of sp³-hybridized carbons (Fsp3) is 0.769. The summed E-state index contributed by atoms with van der Waals surface area (Å²) in [4.78, 5) is 67.0. The van der Waals surface area contributed by atoms with Crippen molar-refractivity contribution < 1.29 is 24.0 Å². The minimum absolute atomic E-state index is 0.0481. The first kappa shape index (κ1) is 36.6. The molecule has 0 aromatic carbocycles. The minimum atomic E-state index is -0.968. The number of hydrogen-bond acceptors (Lipinski definition) is 7. The van der Waals surface area contributed by atoms with Crippen molar-refractivity contribution in [1.29, 1.82) is 0 Å². The topological polar surface area (TPSA) is 250 Å². The second kappa shape index (κ2) is 18.8. The molecule has 0 saturated heterocycles. The Bertz CT molecular complexity index is 877. The highest BCUT2D eigenvalue weighted by Crippen LogP contribution is 2.13. The molecule has 0 aromatic heterocycles. The van der Waals surface area contributed by atoms with Gasteiger partial charge in [-0.25, -0.2) is 0 Å². The van der Waals surface area contributed by atoms with Crippen LogP contribution in [0.5, 0.6) is 0 Å². The van der Waals surface area contributed by atoms with Crippen molar-refractivity contribution in [3.05, 3.63) is 0 Å². The van der Waals surface area contributed by atoms with Crippen LogP contribution in [0.25, 0.3) is 0 Å². The molecule has 0 aliphatic carbocycles. The summed E-state index contributed by atoms with van der Waals surface area (Å²) in [5, 5.41) is 10.5. The van der Waals surface area contributed by atoms with E-state index in [1.807, 2.05) is 34.6 Å². The van der Waals surface area contributed by atoms with Crippen LogP contribution >= 0.6 is 0 Å². The first-order valence-corrected chi connectivity index (χ1v) is 13.9. The zero-order chi connectivity index (χ0) is 31.0. The fourth-order valence-corrected chi connectivity index (χ4v) is 3.80. The first-order chi connectivity index (χ1) is 18.6. The van der Waals surface area contributed by atoms with Crippen molar-refractivity contribution in [2.45, 2.75) is 97.8 Å². The Kier molecular flexibility index (Phi) is 17.2. The summed E-state index contributed by atoms with van der Waals surface area (Å²) in [6.45, 7) is 11.0. The first-order valence-electron chi connectivity index (χ1n) is 13.9. The summed E-state index contributed by atoms with van der Waals surface area (Å²) < 4.78 is 0. The van der Waals surface area contributed by atoms with Gasteiger partial charge in [0, 0.05) is 6.54 Å². The molecule has 12 N–H and O–H groups in total. The van der Waals surface area contributed by atoms with Crippen LogP contribution in [0, 0.1) is 17.8 Å². The summed E-state index contributed by atoms with van der Waals surface area (Å²) in [6, 6.07) is -3.63. The zero-order valence-electron chi connectivity index (χ0n) is 24.8. The van der Waals surface area contributed by atoms with Gasteiger partial charge in [0.15, 0.2) is 5.96 Å². The lowest BCUT2D eigenvalue weighted by Gasteiger charge is -2.29. The Hall–Kier alpha value is -3.42. The molecule has 6 atom stereocenters. The maximum absolute atomic E-state index is 13.3. The van der Waals surface area contributed by atoms with E-state index in [1.54, 1.807) is 6.92 Å². The average Bonchev–Trinajstić information content (AvgIpc) is 2.89. The highest BCUT2D eigenvalue weighted by Gasteiger charge is 2.33. The molecular weight excluding hydrogens is 518 g/mol. The fourth-order valence-electron chi connectivity index (χ4n) is 3.80. The van der Waals surface area contributed by atoms with Crippen molar-refractivity contribution in [1.82, 2.24) is 21.3 Å². The van der Waals surface area contributed by atoms with Crippen molar-refractivity contribution in [3.8, 4) is 0 Å². The summed E-state index contributed by atoms with van der Waals surface area (Å²) in [5.41, 5.74) is 22.0. The third-order valence-corrected chi connectivity index (χ3v) is 6.70. The van der Waals surface area contributed by atoms with Crippen LogP contribution < -0.4 is 44.2 Å². The van der Waals surface area contributed by atoms with Gasteiger partial charge in [-0.3, -0.25) is 29.0 Å². The largest absolute Gasteiger partial charge is 0.370 e. The third kappa shape index (κ3) is 14.1. The average molecular weight is 570 g/mol. The van der Waals surface area contributed by atoms with Crippen molar-refractivity contribution in [2.24, 2.45) is 45.7 Å². The molecule has 230 valence electrons. The molecule has 0 heterocycles. The Morgan fingerprint density at radius 2 is 1.30 bits per heavy atom. The lowest BCUT2D eigenvalue weighted by atomic mass is 9.94. The van der Waals surface area contributed by atoms with Gasteiger partial charge >= 0.3 is 0 Å². The van der Waals surface area contributed by atoms with E-state index in [-0.39, 0.29) is 23.7 Å². The number of guanidine groups is 1. The Morgan fingerprint density at radius 1 is 0.775 bits per heavy atom. The number of carbonyl (C=O) groups is 5. The summed E-state index contributed by atoms with van der Waals surface area (Å²) in [6.07, 6.45) is 2.29. The summed E-state index contributed by atoms with van der Waals surface area (Å²) >= 11 is 0. The monoisotopic (exact) mass is 569 g/mol. The number of nitrogens with zero attached hydrogens (tertiary/aromatic N) is 1. The van der Waals surface area contributed by atoms with Gasteiger partial charge < -0.3 is 44.2 Å². The maximum Gasteiger partial charge on any atom is 0.243 e. The number of amides is 5. The van der Waals surface area contributed by atoms with Crippen LogP contribution in [-0.4, -0.2) is 72.8 Å². The lowest BCUT2D eigenvalue weighted by Crippen LogP contribution is -2.59. The molecule has 40 heavy (non-hydrogen) atoms. The van der Waals surface area contributed by atoms with Crippen LogP contribution in [0.15, 0.2) is 4.99 Å². The van der Waals surface area contributed by atoms with E-state index in [2.05, 4.69) is 26.3 Å². The molecule has 14 nitrogen and oxygen atoms in total. The molecule has 0 fully saturated rings. The standard InChI is InChI=1S/C26H51N9O5/c1-7-15(5)20(24(39)32-13-19(36)33-18(22(28)37)12-14(3)4)35-25(40)21(16(6)8-2)34-23(38)17(27)10-9-11-31-26(29)30/h14-18,20-21H,7-13,27H2,1-6H3,(H2,28,37)(H,32,39)(H,33,36)(H,34,38)(H,35,40)(H4,29,30,31)/t15-,16-,17-,18-,20-,21-/m0/s1. The lowest BCUT2D eigenvalue weighted by molar-refractivity contribution is -0.135. The second-order valence-electron chi connectivity index (χ2n) is 10.7. The number of carbonyl (C=O) groups excluding carboxylic acids is 5. The molecule has 14 heteroatoms. The van der Waals surface area contributed by atoms with E-state index >= 15 is 0 Å². The van der Waals surface area contributed by atoms with E-state index in [0.717, 1.165) is 0 Å². The van der Waals surface area contributed by atoms with Crippen LogP contribution in [0.1, 0.15) is 73.6 Å². The number of aliphatic imine (C=N–C) groups is 1. The van der Waals surface area contributed by atoms with Crippen LogP contribution in [-0.2, 0) is 24.0 Å². The Balaban J connectivity index is 5.36. The Labute approximate surface area is 237 Å². The van der Waals surface area contributed by atoms with Crippen molar-refractivity contribution in [2.75, 3.05) is 13.1 Å². The Morgan fingerprint density at radius 3 is 1.77 bits per heavy atom. The number of primary amides is 1. The second-order valence-corrected chi connectivity index (χ2v) is 10.7. The van der Waals surface area contributed by atoms with E-state index in [1.165, 1.54) is 0 Å². The maximum atomic E-state index is 13.3. The van der Waals surface area contributed by atoms with Gasteiger partial charge in [-0.2, -0.15) is 0 Å². The molecule has 0 aromatic rings. The highest BCUT2D eigenvalue weighted by atomic mass is 16.2. The zero-order valence-corrected chi connectivity index (χ0v) is 24.8. The predicted molar refractivity (Wildman–Crippen MR) is 154 cm³/mol. The molecule has 0 aliphatic heterocycles. The summed E-state index contributed by atoms with van der Waals surface area (Å²) in [5.74, 6) is -3.31. The molecule has 0 spiro atoms. The molecular formula is C26H51N9O5. The number of rotatable bonds is 19. The molecule has 5 amide bonds. The van der Waals surface area contributed by atoms with E-state index in [4.69, 9.17) is 22.9 Å². The van der Waals surface area contributed by atoms with E-state index in [0.29, 0.717) is 38.6 Å². The quantitative estimate of drug-likeness (QED) is 0.0518. The minimum Gasteiger partial charge on any atom is -0.370 e. The molecule has 0 saturated carbocycles. The number of nitrogens with two attached hydrogens (primary N) is 4. The molecule has 0 radical (unpaired) electrons. The van der Waals surface area contributed by atoms with Crippen molar-refractivity contribution >= 4 is 35.5 Å². The van der Waals surface area contributed by atoms with Gasteiger partial charge in [0.25, 0.3) is 0 Å². The molecule has 0 bridgehead atoms. The molecule has 0 aliphatic rings. The predicted octanol–water partition coefficient (Wildman–Crippen LogP) is -1.44. The molecule has 0 unspecified atom stereocenters. The van der Waals surface area contributed by atoms with Crippen LogP contribution in [0.2, 0.25) is 0 Å². The highest BCUT2D eigenvalue weighted by molar-refractivity contribution is 5.95. The van der Waals surface area contributed by atoms with Gasteiger partial charge in [-0.15, -0.1) is 0 Å². The third-order valence-electron chi connectivity index (χ3n) is 6.70. The van der Waals surface area contributed by atoms with Gasteiger partial charge in [-0.05, 0) is 37.0 Å². The van der Waals surface area contributed by atoms with E-state index < -0.39 is 60.2 Å². The SMILES string of the molecule is CC[C@H](C)[C@H](NC(=O)[C@@H](NC(=O)[C@@H](N)CCCN=C(N)N)[C@@H](C)CC)C(=O)NCC(=O)N[C@@H](CC(C)C)C(N)=O. The summed E-state index contributed by atoms with van der Waals surface area (Å²) in [7, 11) is 0. The van der Waals surface area contributed by atoms with Gasteiger partial charge in [-0.1, -0.05) is 54.4 Å². The number of hydrogen-bond donors (Lipinski definition) is 8. The van der Waals surface area contributed by atoms with E-state index in [9.17, 15) is 24.0 Å².